The fourth-order valence-corrected chi connectivity index (χ4v) is 1.55. The highest BCUT2D eigenvalue weighted by Crippen LogP contribution is 2.24. The van der Waals surface area contributed by atoms with E-state index in [0.717, 1.165) is 16.9 Å². The minimum absolute atomic E-state index is 0.707. The van der Waals surface area contributed by atoms with E-state index in [1.807, 2.05) is 55.5 Å². The van der Waals surface area contributed by atoms with Gasteiger partial charge in [-0.3, -0.25) is 0 Å². The van der Waals surface area contributed by atoms with Crippen molar-refractivity contribution in [2.75, 3.05) is 5.32 Å². The van der Waals surface area contributed by atoms with Gasteiger partial charge in [0.05, 0.1) is 5.69 Å². The summed E-state index contributed by atoms with van der Waals surface area (Å²) in [5.41, 5.74) is 10.7. The zero-order valence-corrected chi connectivity index (χ0v) is 9.07. The van der Waals surface area contributed by atoms with E-state index in [2.05, 4.69) is 10.4 Å². The molecule has 0 aliphatic rings. The quantitative estimate of drug-likeness (QED) is 0.726. The van der Waals surface area contributed by atoms with Gasteiger partial charge in [0.1, 0.15) is 0 Å². The second-order valence-corrected chi connectivity index (χ2v) is 3.60. The third-order valence-corrected chi connectivity index (χ3v) is 2.38. The molecule has 0 fully saturated rings. The minimum Gasteiger partial charge on any atom is -0.356 e. The van der Waals surface area contributed by atoms with Crippen LogP contribution in [0, 0.1) is 12.5 Å². The number of anilines is 2. The van der Waals surface area contributed by atoms with E-state index in [0.29, 0.717) is 5.69 Å². The summed E-state index contributed by atoms with van der Waals surface area (Å²) in [4.78, 5) is 0. The Morgan fingerprint density at radius 1 is 1.00 bits per heavy atom. The summed E-state index contributed by atoms with van der Waals surface area (Å²) >= 11 is 0. The van der Waals surface area contributed by atoms with Crippen LogP contribution in [0.15, 0.2) is 53.6 Å². The number of hydrogen-bond donors (Lipinski definition) is 2. The van der Waals surface area contributed by atoms with E-state index in [1.54, 1.807) is 0 Å². The Bertz CT molecular complexity index is 492. The van der Waals surface area contributed by atoms with Gasteiger partial charge in [0.15, 0.2) is 0 Å². The highest BCUT2D eigenvalue weighted by atomic mass is 15.0. The molecule has 3 heteroatoms. The predicted octanol–water partition coefficient (Wildman–Crippen LogP) is 4.40. The Morgan fingerprint density at radius 3 is 2.38 bits per heavy atom. The normalized spacial score (nSPS) is 9.81. The van der Waals surface area contributed by atoms with Crippen LogP contribution in [0.5, 0.6) is 0 Å². The van der Waals surface area contributed by atoms with Crippen molar-refractivity contribution in [2.45, 2.75) is 6.92 Å². The molecule has 0 saturated carbocycles. The molecule has 3 nitrogen and oxygen atoms in total. The number of aryl methyl sites for hydroxylation is 1. The first-order valence-electron chi connectivity index (χ1n) is 5.10. The number of para-hydroxylation sites is 1. The second-order valence-electron chi connectivity index (χ2n) is 3.60. The van der Waals surface area contributed by atoms with Crippen molar-refractivity contribution in [2.24, 2.45) is 5.11 Å². The molecule has 0 atom stereocenters. The summed E-state index contributed by atoms with van der Waals surface area (Å²) in [6.07, 6.45) is 0. The largest absolute Gasteiger partial charge is 0.356 e. The van der Waals surface area contributed by atoms with Crippen LogP contribution in [0.2, 0.25) is 0 Å². The molecule has 0 bridgehead atoms. The molecule has 0 unspecified atom stereocenters. The monoisotopic (exact) mass is 211 g/mol. The summed E-state index contributed by atoms with van der Waals surface area (Å²) < 4.78 is 0. The van der Waals surface area contributed by atoms with Crippen LogP contribution in [-0.2, 0) is 0 Å². The number of nitrogens with zero attached hydrogens (tertiary/aromatic N) is 1. The van der Waals surface area contributed by atoms with E-state index in [-0.39, 0.29) is 0 Å². The Hall–Kier alpha value is -2.16. The maximum Gasteiger partial charge on any atom is 0.0880 e. The molecule has 2 aromatic carbocycles. The molecule has 0 amide bonds. The van der Waals surface area contributed by atoms with Crippen molar-refractivity contribution >= 4 is 17.1 Å². The Kier molecular flexibility index (Phi) is 2.96. The Morgan fingerprint density at radius 2 is 1.75 bits per heavy atom. The van der Waals surface area contributed by atoms with Crippen LogP contribution in [0.4, 0.5) is 17.1 Å². The highest BCUT2D eigenvalue weighted by molar-refractivity contribution is 5.63. The van der Waals surface area contributed by atoms with Gasteiger partial charge in [0, 0.05) is 11.4 Å². The second kappa shape index (κ2) is 4.57. The van der Waals surface area contributed by atoms with Crippen LogP contribution in [0.25, 0.3) is 0 Å². The van der Waals surface area contributed by atoms with E-state index >= 15 is 0 Å². The molecule has 16 heavy (non-hydrogen) atoms. The maximum atomic E-state index is 6.98. The molecule has 0 spiro atoms. The summed E-state index contributed by atoms with van der Waals surface area (Å²) in [7, 11) is 0. The zero-order chi connectivity index (χ0) is 11.4. The average molecular weight is 211 g/mol. The molecule has 0 aliphatic heterocycles. The van der Waals surface area contributed by atoms with E-state index in [9.17, 15) is 0 Å². The van der Waals surface area contributed by atoms with Crippen molar-refractivity contribution in [1.29, 1.82) is 5.53 Å². The molecule has 0 heterocycles. The molecule has 2 N–H and O–H groups in total. The van der Waals surface area contributed by atoms with Gasteiger partial charge >= 0.3 is 0 Å². The highest BCUT2D eigenvalue weighted by Gasteiger charge is 1.98. The summed E-state index contributed by atoms with van der Waals surface area (Å²) in [5, 5.41) is 6.73. The van der Waals surface area contributed by atoms with Gasteiger partial charge in [-0.1, -0.05) is 18.2 Å². The van der Waals surface area contributed by atoms with Crippen molar-refractivity contribution in [3.05, 3.63) is 54.1 Å². The lowest BCUT2D eigenvalue weighted by atomic mass is 10.2. The topological polar surface area (TPSA) is 48.2 Å². The zero-order valence-electron chi connectivity index (χ0n) is 9.07. The van der Waals surface area contributed by atoms with Crippen LogP contribution < -0.4 is 5.32 Å². The molecule has 2 rings (SSSR count). The van der Waals surface area contributed by atoms with Gasteiger partial charge < -0.3 is 5.32 Å². The van der Waals surface area contributed by atoms with Gasteiger partial charge in [0.2, 0.25) is 0 Å². The molecule has 0 radical (unpaired) electrons. The van der Waals surface area contributed by atoms with E-state index < -0.39 is 0 Å². The number of nitrogens with one attached hydrogen (secondary N) is 2. The van der Waals surface area contributed by atoms with Gasteiger partial charge in [0.25, 0.3) is 0 Å². The molecule has 0 aromatic heterocycles. The van der Waals surface area contributed by atoms with Crippen LogP contribution in [0.3, 0.4) is 0 Å². The Labute approximate surface area is 94.6 Å². The molecule has 80 valence electrons. The van der Waals surface area contributed by atoms with Gasteiger partial charge in [-0.25, -0.2) is 5.53 Å². The lowest BCUT2D eigenvalue weighted by Gasteiger charge is -2.07. The molecule has 0 saturated heterocycles. The fourth-order valence-electron chi connectivity index (χ4n) is 1.55. The van der Waals surface area contributed by atoms with Crippen molar-refractivity contribution in [3.63, 3.8) is 0 Å². The number of hydrogen-bond acceptors (Lipinski definition) is 3. The van der Waals surface area contributed by atoms with Gasteiger partial charge in [-0.2, -0.15) is 5.11 Å². The number of rotatable bonds is 3. The average Bonchev–Trinajstić information content (AvgIpc) is 2.31. The smallest absolute Gasteiger partial charge is 0.0880 e. The van der Waals surface area contributed by atoms with Crippen LogP contribution in [0.1, 0.15) is 5.56 Å². The minimum atomic E-state index is 0.707. The first-order chi connectivity index (χ1) is 7.79. The molecular weight excluding hydrogens is 198 g/mol. The standard InChI is InChI=1S/C13H13N3/c1-10-9-12(7-8-13(10)16-14)15-11-5-3-2-4-6-11/h2-9,14-15H,1H3. The lowest BCUT2D eigenvalue weighted by molar-refractivity contribution is 1.13. The maximum absolute atomic E-state index is 6.98. The van der Waals surface area contributed by atoms with Crippen molar-refractivity contribution in [1.82, 2.24) is 0 Å². The SMILES string of the molecule is Cc1cc(Nc2ccccc2)ccc1N=N. The van der Waals surface area contributed by atoms with Gasteiger partial charge in [-0.05, 0) is 42.8 Å². The summed E-state index contributed by atoms with van der Waals surface area (Å²) in [5.74, 6) is 0. The lowest BCUT2D eigenvalue weighted by Crippen LogP contribution is -1.89. The van der Waals surface area contributed by atoms with Gasteiger partial charge in [-0.15, -0.1) is 0 Å². The third kappa shape index (κ3) is 2.25. The first kappa shape index (κ1) is 10.4. The molecular formula is C13H13N3. The van der Waals surface area contributed by atoms with E-state index in [4.69, 9.17) is 5.53 Å². The first-order valence-corrected chi connectivity index (χ1v) is 5.10. The van der Waals surface area contributed by atoms with E-state index in [1.165, 1.54) is 0 Å². The summed E-state index contributed by atoms with van der Waals surface area (Å²) in [6.45, 7) is 1.95. The fraction of sp³-hybridized carbons (Fsp3) is 0.0769. The predicted molar refractivity (Wildman–Crippen MR) is 65.7 cm³/mol. The third-order valence-electron chi connectivity index (χ3n) is 2.38. The number of benzene rings is 2. The molecule has 0 aliphatic carbocycles. The van der Waals surface area contributed by atoms with Crippen LogP contribution in [-0.4, -0.2) is 0 Å². The Balaban J connectivity index is 2.23. The van der Waals surface area contributed by atoms with Crippen molar-refractivity contribution in [3.8, 4) is 0 Å². The molecule has 2 aromatic rings. The van der Waals surface area contributed by atoms with Crippen LogP contribution >= 0.6 is 0 Å². The summed E-state index contributed by atoms with van der Waals surface area (Å²) in [6, 6.07) is 15.7. The van der Waals surface area contributed by atoms with Crippen molar-refractivity contribution < 1.29 is 0 Å².